The molecule has 0 spiro atoms. The van der Waals surface area contributed by atoms with Gasteiger partial charge in [-0.15, -0.1) is 0 Å². The maximum absolute atomic E-state index is 12.2. The molecule has 0 unspecified atom stereocenters. The van der Waals surface area contributed by atoms with Crippen LogP contribution in [-0.2, 0) is 13.1 Å². The molecule has 1 aromatic heterocycles. The van der Waals surface area contributed by atoms with Crippen molar-refractivity contribution >= 4 is 23.3 Å². The maximum Gasteiger partial charge on any atom is 0.323 e. The summed E-state index contributed by atoms with van der Waals surface area (Å²) in [6.07, 6.45) is 2.98. The zero-order chi connectivity index (χ0) is 15.5. The Morgan fingerprint density at radius 1 is 1.41 bits per heavy atom. The standard InChI is InChI=1S/C14H14FN5O2/c15-4-5-20-8-9(6-17-20)18-14(22)19-12-3-1-2-10-11(12)7-16-13(10)21/h1-3,6,8H,4-5,7H2,(H,16,21)(H2,18,19,22). The second kappa shape index (κ2) is 5.84. The highest BCUT2D eigenvalue weighted by Crippen LogP contribution is 2.24. The number of anilines is 2. The van der Waals surface area contributed by atoms with Crippen LogP contribution < -0.4 is 16.0 Å². The lowest BCUT2D eigenvalue weighted by Gasteiger charge is -2.09. The molecule has 0 aliphatic carbocycles. The largest absolute Gasteiger partial charge is 0.348 e. The van der Waals surface area contributed by atoms with Gasteiger partial charge in [-0.25, -0.2) is 9.18 Å². The smallest absolute Gasteiger partial charge is 0.323 e. The number of alkyl halides is 1. The van der Waals surface area contributed by atoms with E-state index >= 15 is 0 Å². The van der Waals surface area contributed by atoms with Crippen LogP contribution in [0.4, 0.5) is 20.6 Å². The molecule has 1 aliphatic rings. The lowest BCUT2D eigenvalue weighted by atomic mass is 10.1. The molecule has 0 atom stereocenters. The van der Waals surface area contributed by atoms with Crippen LogP contribution >= 0.6 is 0 Å². The van der Waals surface area contributed by atoms with Crippen molar-refractivity contribution < 1.29 is 14.0 Å². The summed E-state index contributed by atoms with van der Waals surface area (Å²) in [6.45, 7) is 0.00677. The van der Waals surface area contributed by atoms with E-state index in [2.05, 4.69) is 21.0 Å². The third-order valence-corrected chi connectivity index (χ3v) is 3.30. The number of carbonyl (C=O) groups excluding carboxylic acids is 2. The predicted octanol–water partition coefficient (Wildman–Crippen LogP) is 1.74. The minimum absolute atomic E-state index is 0.142. The SMILES string of the molecule is O=C(Nc1cnn(CCF)c1)Nc1cccc2c1CNC2=O. The fraction of sp³-hybridized carbons (Fsp3) is 0.214. The van der Waals surface area contributed by atoms with Crippen LogP contribution in [0.2, 0.25) is 0 Å². The van der Waals surface area contributed by atoms with Crippen molar-refractivity contribution in [2.24, 2.45) is 0 Å². The highest BCUT2D eigenvalue weighted by molar-refractivity contribution is 6.04. The first-order chi connectivity index (χ1) is 10.7. The van der Waals surface area contributed by atoms with E-state index in [9.17, 15) is 14.0 Å². The van der Waals surface area contributed by atoms with Crippen LogP contribution in [-0.4, -0.2) is 28.4 Å². The maximum atomic E-state index is 12.2. The summed E-state index contributed by atoms with van der Waals surface area (Å²) in [5.74, 6) is -0.147. The first kappa shape index (κ1) is 14.1. The van der Waals surface area contributed by atoms with Gasteiger partial charge in [-0.2, -0.15) is 5.10 Å². The van der Waals surface area contributed by atoms with E-state index in [1.54, 1.807) is 24.4 Å². The molecular weight excluding hydrogens is 289 g/mol. The van der Waals surface area contributed by atoms with Gasteiger partial charge in [-0.05, 0) is 12.1 Å². The third-order valence-electron chi connectivity index (χ3n) is 3.30. The Labute approximate surface area is 125 Å². The highest BCUT2D eigenvalue weighted by Gasteiger charge is 2.21. The van der Waals surface area contributed by atoms with Crippen molar-refractivity contribution in [2.45, 2.75) is 13.1 Å². The number of rotatable bonds is 4. The molecule has 0 radical (unpaired) electrons. The topological polar surface area (TPSA) is 88.1 Å². The number of hydrogen-bond donors (Lipinski definition) is 3. The van der Waals surface area contributed by atoms with Gasteiger partial charge in [-0.1, -0.05) is 6.07 Å². The van der Waals surface area contributed by atoms with Crippen molar-refractivity contribution in [1.82, 2.24) is 15.1 Å². The fourth-order valence-electron chi connectivity index (χ4n) is 2.29. The number of nitrogens with one attached hydrogen (secondary N) is 3. The van der Waals surface area contributed by atoms with E-state index < -0.39 is 12.7 Å². The van der Waals surface area contributed by atoms with Crippen LogP contribution in [0.25, 0.3) is 0 Å². The van der Waals surface area contributed by atoms with Crippen LogP contribution in [0.3, 0.4) is 0 Å². The van der Waals surface area contributed by atoms with E-state index in [1.165, 1.54) is 10.9 Å². The average molecular weight is 303 g/mol. The monoisotopic (exact) mass is 303 g/mol. The summed E-state index contributed by atoms with van der Waals surface area (Å²) >= 11 is 0. The molecule has 22 heavy (non-hydrogen) atoms. The van der Waals surface area contributed by atoms with Gasteiger partial charge >= 0.3 is 6.03 Å². The summed E-state index contributed by atoms with van der Waals surface area (Å²) in [5, 5.41) is 11.9. The van der Waals surface area contributed by atoms with Crippen molar-refractivity contribution in [3.63, 3.8) is 0 Å². The Kier molecular flexibility index (Phi) is 3.73. The molecule has 0 saturated heterocycles. The number of aryl methyl sites for hydroxylation is 1. The summed E-state index contributed by atoms with van der Waals surface area (Å²) in [4.78, 5) is 23.6. The minimum atomic E-state index is -0.523. The molecular formula is C14H14FN5O2. The Morgan fingerprint density at radius 2 is 2.27 bits per heavy atom. The Morgan fingerprint density at radius 3 is 3.09 bits per heavy atom. The van der Waals surface area contributed by atoms with Crippen molar-refractivity contribution in [1.29, 1.82) is 0 Å². The zero-order valence-corrected chi connectivity index (χ0v) is 11.6. The van der Waals surface area contributed by atoms with Crippen LogP contribution in [0.1, 0.15) is 15.9 Å². The van der Waals surface area contributed by atoms with Gasteiger partial charge in [0.1, 0.15) is 6.67 Å². The number of halogens is 1. The predicted molar refractivity (Wildman–Crippen MR) is 78.5 cm³/mol. The molecule has 8 heteroatoms. The second-order valence-electron chi connectivity index (χ2n) is 4.77. The fourth-order valence-corrected chi connectivity index (χ4v) is 2.29. The molecule has 1 aliphatic heterocycles. The Balaban J connectivity index is 1.68. The van der Waals surface area contributed by atoms with Gasteiger partial charge in [-0.3, -0.25) is 9.48 Å². The lowest BCUT2D eigenvalue weighted by Crippen LogP contribution is -2.20. The molecule has 0 saturated carbocycles. The van der Waals surface area contributed by atoms with Crippen molar-refractivity contribution in [2.75, 3.05) is 17.3 Å². The summed E-state index contributed by atoms with van der Waals surface area (Å²) < 4.78 is 13.6. The number of nitrogens with zero attached hydrogens (tertiary/aromatic N) is 2. The quantitative estimate of drug-likeness (QED) is 0.804. The van der Waals surface area contributed by atoms with Gasteiger partial charge < -0.3 is 16.0 Å². The molecule has 2 heterocycles. The number of urea groups is 1. The second-order valence-corrected chi connectivity index (χ2v) is 4.77. The molecule has 3 N–H and O–H groups in total. The number of amides is 3. The number of carbonyl (C=O) groups is 2. The molecule has 0 fully saturated rings. The first-order valence-electron chi connectivity index (χ1n) is 6.74. The van der Waals surface area contributed by atoms with Crippen molar-refractivity contribution in [3.8, 4) is 0 Å². The Bertz CT molecular complexity index is 728. The normalized spacial score (nSPS) is 12.7. The average Bonchev–Trinajstić information content (AvgIpc) is 3.08. The lowest BCUT2D eigenvalue weighted by molar-refractivity contribution is 0.0965. The molecule has 0 bridgehead atoms. The van der Waals surface area contributed by atoms with Gasteiger partial charge in [0.25, 0.3) is 5.91 Å². The summed E-state index contributed by atoms with van der Waals surface area (Å²) in [5.41, 5.74) is 2.36. The van der Waals surface area contributed by atoms with Gasteiger partial charge in [0.2, 0.25) is 0 Å². The first-order valence-corrected chi connectivity index (χ1v) is 6.74. The van der Waals surface area contributed by atoms with Gasteiger partial charge in [0.05, 0.1) is 18.4 Å². The zero-order valence-electron chi connectivity index (χ0n) is 11.6. The van der Waals surface area contributed by atoms with E-state index in [1.807, 2.05) is 0 Å². The Hall–Kier alpha value is -2.90. The van der Waals surface area contributed by atoms with Crippen LogP contribution in [0.15, 0.2) is 30.6 Å². The molecule has 114 valence electrons. The minimum Gasteiger partial charge on any atom is -0.348 e. The van der Waals surface area contributed by atoms with Gasteiger partial charge in [0.15, 0.2) is 0 Å². The van der Waals surface area contributed by atoms with E-state index in [0.717, 1.165) is 5.56 Å². The van der Waals surface area contributed by atoms with E-state index in [0.29, 0.717) is 23.5 Å². The molecule has 1 aromatic carbocycles. The third kappa shape index (κ3) is 2.76. The van der Waals surface area contributed by atoms with E-state index in [-0.39, 0.29) is 12.5 Å². The molecule has 2 aromatic rings. The summed E-state index contributed by atoms with van der Waals surface area (Å²) in [6, 6.07) is 4.69. The number of fused-ring (bicyclic) bond motifs is 1. The number of aromatic nitrogens is 2. The highest BCUT2D eigenvalue weighted by atomic mass is 19.1. The van der Waals surface area contributed by atoms with Gasteiger partial charge in [0, 0.05) is 29.6 Å². The number of hydrogen-bond acceptors (Lipinski definition) is 3. The molecule has 3 amide bonds. The van der Waals surface area contributed by atoms with Crippen LogP contribution in [0.5, 0.6) is 0 Å². The van der Waals surface area contributed by atoms with Crippen LogP contribution in [0, 0.1) is 0 Å². The number of benzene rings is 1. The van der Waals surface area contributed by atoms with Crippen molar-refractivity contribution in [3.05, 3.63) is 41.7 Å². The van der Waals surface area contributed by atoms with E-state index in [4.69, 9.17) is 0 Å². The molecule has 3 rings (SSSR count). The molecule has 7 nitrogen and oxygen atoms in total. The summed E-state index contributed by atoms with van der Waals surface area (Å²) in [7, 11) is 0.